The molecule has 0 amide bonds. The first kappa shape index (κ1) is 9.26. The third-order valence-corrected chi connectivity index (χ3v) is 1.77. The summed E-state index contributed by atoms with van der Waals surface area (Å²) in [6.07, 6.45) is 1.99. The Hall–Kier alpha value is -0.830. The standard InChI is InChI=1S/C9H13NOS/c1-6(2)11-9-7(3)10-5-4-8(9)12/h4-6H,1-3H3,(H,10,12). The van der Waals surface area contributed by atoms with Crippen molar-refractivity contribution in [3.8, 4) is 5.75 Å². The van der Waals surface area contributed by atoms with E-state index in [2.05, 4.69) is 4.98 Å². The highest BCUT2D eigenvalue weighted by Crippen LogP contribution is 2.17. The van der Waals surface area contributed by atoms with Crippen molar-refractivity contribution in [1.82, 2.24) is 4.98 Å². The van der Waals surface area contributed by atoms with Crippen LogP contribution >= 0.6 is 12.2 Å². The highest BCUT2D eigenvalue weighted by molar-refractivity contribution is 7.71. The maximum atomic E-state index is 5.54. The van der Waals surface area contributed by atoms with Gasteiger partial charge < -0.3 is 9.72 Å². The number of rotatable bonds is 2. The SMILES string of the molecule is Cc1[nH]ccc(=S)c1OC(C)C. The molecule has 0 fully saturated rings. The molecule has 0 saturated heterocycles. The van der Waals surface area contributed by atoms with Crippen LogP contribution < -0.4 is 4.74 Å². The Morgan fingerprint density at radius 2 is 2.17 bits per heavy atom. The van der Waals surface area contributed by atoms with Crippen LogP contribution in [0.15, 0.2) is 12.3 Å². The molecular weight excluding hydrogens is 170 g/mol. The van der Waals surface area contributed by atoms with E-state index in [0.29, 0.717) is 0 Å². The Kier molecular flexibility index (Phi) is 2.87. The van der Waals surface area contributed by atoms with Gasteiger partial charge in [0.15, 0.2) is 5.75 Å². The molecule has 0 aromatic carbocycles. The second kappa shape index (κ2) is 3.72. The van der Waals surface area contributed by atoms with Crippen LogP contribution in [-0.2, 0) is 0 Å². The van der Waals surface area contributed by atoms with Crippen LogP contribution in [0.4, 0.5) is 0 Å². The maximum Gasteiger partial charge on any atom is 0.156 e. The molecule has 0 aliphatic rings. The number of pyridine rings is 1. The van der Waals surface area contributed by atoms with Crippen LogP contribution in [0.25, 0.3) is 0 Å². The number of H-pyrrole nitrogens is 1. The average Bonchev–Trinajstić information content (AvgIpc) is 1.97. The molecule has 0 aliphatic heterocycles. The minimum absolute atomic E-state index is 0.168. The highest BCUT2D eigenvalue weighted by atomic mass is 32.1. The lowest BCUT2D eigenvalue weighted by Crippen LogP contribution is -2.07. The van der Waals surface area contributed by atoms with E-state index in [0.717, 1.165) is 16.0 Å². The summed E-state index contributed by atoms with van der Waals surface area (Å²) in [5.41, 5.74) is 0.983. The number of aromatic nitrogens is 1. The number of hydrogen-bond donors (Lipinski definition) is 1. The molecule has 2 nitrogen and oxygen atoms in total. The van der Waals surface area contributed by atoms with Crippen LogP contribution in [0, 0.1) is 11.4 Å². The van der Waals surface area contributed by atoms with E-state index < -0.39 is 0 Å². The molecule has 0 saturated carbocycles. The van der Waals surface area contributed by atoms with Crippen LogP contribution in [-0.4, -0.2) is 11.1 Å². The van der Waals surface area contributed by atoms with Gasteiger partial charge in [0, 0.05) is 6.20 Å². The van der Waals surface area contributed by atoms with Crippen LogP contribution in [0.1, 0.15) is 19.5 Å². The zero-order chi connectivity index (χ0) is 9.14. The Bertz CT molecular complexity index is 317. The molecule has 1 aromatic rings. The molecule has 3 heteroatoms. The van der Waals surface area contributed by atoms with E-state index in [1.807, 2.05) is 33.0 Å². The van der Waals surface area contributed by atoms with Crippen LogP contribution in [0.2, 0.25) is 0 Å². The predicted octanol–water partition coefficient (Wildman–Crippen LogP) is 2.84. The van der Waals surface area contributed by atoms with E-state index in [-0.39, 0.29) is 6.10 Å². The summed E-state index contributed by atoms with van der Waals surface area (Å²) in [4.78, 5) is 3.05. The van der Waals surface area contributed by atoms with Gasteiger partial charge in [0.25, 0.3) is 0 Å². The van der Waals surface area contributed by atoms with Crippen molar-refractivity contribution in [2.75, 3.05) is 0 Å². The maximum absolute atomic E-state index is 5.54. The lowest BCUT2D eigenvalue weighted by molar-refractivity contribution is 0.238. The van der Waals surface area contributed by atoms with E-state index in [9.17, 15) is 0 Å². The molecule has 0 unspecified atom stereocenters. The molecule has 0 bridgehead atoms. The van der Waals surface area contributed by atoms with E-state index >= 15 is 0 Å². The molecule has 1 rings (SSSR count). The van der Waals surface area contributed by atoms with Crippen molar-refractivity contribution in [3.05, 3.63) is 22.5 Å². The van der Waals surface area contributed by atoms with Gasteiger partial charge >= 0.3 is 0 Å². The summed E-state index contributed by atoms with van der Waals surface area (Å²) < 4.78 is 6.30. The van der Waals surface area contributed by atoms with E-state index in [1.54, 1.807) is 0 Å². The Balaban J connectivity index is 3.05. The largest absolute Gasteiger partial charge is 0.488 e. The summed E-state index contributed by atoms with van der Waals surface area (Å²) >= 11 is 5.11. The van der Waals surface area contributed by atoms with E-state index in [1.165, 1.54) is 0 Å². The highest BCUT2D eigenvalue weighted by Gasteiger charge is 2.02. The molecule has 0 radical (unpaired) electrons. The minimum Gasteiger partial charge on any atom is -0.488 e. The fourth-order valence-electron chi connectivity index (χ4n) is 0.951. The fraction of sp³-hybridized carbons (Fsp3) is 0.444. The third-order valence-electron chi connectivity index (χ3n) is 1.45. The molecule has 1 N–H and O–H groups in total. The Labute approximate surface area is 77.6 Å². The summed E-state index contributed by atoms with van der Waals surface area (Å²) in [6, 6.07) is 1.83. The molecule has 0 spiro atoms. The van der Waals surface area contributed by atoms with Crippen LogP contribution in [0.3, 0.4) is 0 Å². The second-order valence-corrected chi connectivity index (χ2v) is 3.40. The van der Waals surface area contributed by atoms with Crippen molar-refractivity contribution >= 4 is 12.2 Å². The normalized spacial score (nSPS) is 10.3. The van der Waals surface area contributed by atoms with Crippen molar-refractivity contribution in [1.29, 1.82) is 0 Å². The zero-order valence-corrected chi connectivity index (χ0v) is 8.37. The molecule has 0 atom stereocenters. The lowest BCUT2D eigenvalue weighted by Gasteiger charge is -2.11. The third kappa shape index (κ3) is 2.08. The van der Waals surface area contributed by atoms with Gasteiger partial charge in [-0.2, -0.15) is 0 Å². The van der Waals surface area contributed by atoms with Gasteiger partial charge in [-0.25, -0.2) is 0 Å². The average molecular weight is 183 g/mol. The van der Waals surface area contributed by atoms with Gasteiger partial charge in [0.1, 0.15) is 0 Å². The number of aryl methyl sites for hydroxylation is 1. The Morgan fingerprint density at radius 1 is 1.50 bits per heavy atom. The van der Waals surface area contributed by atoms with E-state index in [4.69, 9.17) is 17.0 Å². The van der Waals surface area contributed by atoms with Gasteiger partial charge in [-0.15, -0.1) is 0 Å². The Morgan fingerprint density at radius 3 is 2.67 bits per heavy atom. The molecule has 0 aliphatic carbocycles. The number of aromatic amines is 1. The summed E-state index contributed by atoms with van der Waals surface area (Å²) in [5, 5.41) is 0. The van der Waals surface area contributed by atoms with Crippen LogP contribution in [0.5, 0.6) is 5.75 Å². The van der Waals surface area contributed by atoms with Gasteiger partial charge in [-0.3, -0.25) is 0 Å². The fourth-order valence-corrected chi connectivity index (χ4v) is 1.22. The molecule has 1 heterocycles. The molecular formula is C9H13NOS. The monoisotopic (exact) mass is 183 g/mol. The molecule has 12 heavy (non-hydrogen) atoms. The van der Waals surface area contributed by atoms with Gasteiger partial charge in [-0.05, 0) is 26.8 Å². The molecule has 1 aromatic heterocycles. The minimum atomic E-state index is 0.168. The number of hydrogen-bond acceptors (Lipinski definition) is 2. The smallest absolute Gasteiger partial charge is 0.156 e. The zero-order valence-electron chi connectivity index (χ0n) is 7.55. The predicted molar refractivity (Wildman–Crippen MR) is 52.1 cm³/mol. The number of nitrogens with one attached hydrogen (secondary N) is 1. The van der Waals surface area contributed by atoms with Crippen molar-refractivity contribution in [3.63, 3.8) is 0 Å². The quantitative estimate of drug-likeness (QED) is 0.713. The van der Waals surface area contributed by atoms with Gasteiger partial charge in [-0.1, -0.05) is 12.2 Å². The first-order chi connectivity index (χ1) is 5.61. The topological polar surface area (TPSA) is 25.0 Å². The van der Waals surface area contributed by atoms with Crippen molar-refractivity contribution < 1.29 is 4.74 Å². The van der Waals surface area contributed by atoms with Gasteiger partial charge in [0.05, 0.1) is 16.3 Å². The van der Waals surface area contributed by atoms with Crippen molar-refractivity contribution in [2.45, 2.75) is 26.9 Å². The first-order valence-electron chi connectivity index (χ1n) is 3.96. The summed E-state index contributed by atoms with van der Waals surface area (Å²) in [5.74, 6) is 0.794. The number of ether oxygens (including phenoxy) is 1. The van der Waals surface area contributed by atoms with Crippen molar-refractivity contribution in [2.24, 2.45) is 0 Å². The summed E-state index contributed by atoms with van der Waals surface area (Å²) in [7, 11) is 0. The molecule has 66 valence electrons. The second-order valence-electron chi connectivity index (χ2n) is 2.96. The lowest BCUT2D eigenvalue weighted by atomic mass is 10.3. The van der Waals surface area contributed by atoms with Gasteiger partial charge in [0.2, 0.25) is 0 Å². The summed E-state index contributed by atoms with van der Waals surface area (Å²) in [6.45, 7) is 5.93. The first-order valence-corrected chi connectivity index (χ1v) is 4.37.